The molecular weight excluding hydrogens is 338 g/mol. The molecule has 5 heteroatoms. The molecule has 0 spiro atoms. The Morgan fingerprint density at radius 1 is 1.29 bits per heavy atom. The second-order valence-corrected chi connectivity index (χ2v) is 5.72. The van der Waals surface area contributed by atoms with E-state index in [-0.39, 0.29) is 22.5 Å². The van der Waals surface area contributed by atoms with E-state index in [0.29, 0.717) is 6.54 Å². The highest BCUT2D eigenvalue weighted by Gasteiger charge is 2.20. The molecule has 1 unspecified atom stereocenters. The zero-order valence-electron chi connectivity index (χ0n) is 12.0. The maximum atomic E-state index is 14.1. The van der Waals surface area contributed by atoms with Crippen molar-refractivity contribution in [3.05, 3.63) is 63.4 Å². The van der Waals surface area contributed by atoms with Gasteiger partial charge in [0.1, 0.15) is 11.6 Å². The lowest BCUT2D eigenvalue weighted by molar-refractivity contribution is 0.495. The van der Waals surface area contributed by atoms with Crippen molar-refractivity contribution in [1.29, 1.82) is 0 Å². The highest BCUT2D eigenvalue weighted by molar-refractivity contribution is 9.10. The molecule has 0 saturated heterocycles. The van der Waals surface area contributed by atoms with E-state index in [0.717, 1.165) is 11.1 Å². The summed E-state index contributed by atoms with van der Waals surface area (Å²) >= 11 is 3.11. The van der Waals surface area contributed by atoms with Gasteiger partial charge in [0.15, 0.2) is 0 Å². The second kappa shape index (κ2) is 7.09. The largest absolute Gasteiger partial charge is 0.310 e. The fraction of sp³-hybridized carbons (Fsp3) is 0.312. The molecule has 0 aliphatic heterocycles. The van der Waals surface area contributed by atoms with Crippen LogP contribution in [0.3, 0.4) is 0 Å². The third-order valence-corrected chi connectivity index (χ3v) is 4.07. The first kappa shape index (κ1) is 16.0. The van der Waals surface area contributed by atoms with Crippen molar-refractivity contribution in [2.45, 2.75) is 26.3 Å². The van der Waals surface area contributed by atoms with Gasteiger partial charge in [-0.05, 0) is 65.1 Å². The van der Waals surface area contributed by atoms with E-state index >= 15 is 0 Å². The fourth-order valence-corrected chi connectivity index (χ4v) is 2.71. The van der Waals surface area contributed by atoms with Crippen molar-refractivity contribution in [3.63, 3.8) is 0 Å². The molecule has 0 fully saturated rings. The zero-order chi connectivity index (χ0) is 15.4. The smallest absolute Gasteiger partial charge is 0.143 e. The minimum Gasteiger partial charge on any atom is -0.310 e. The normalized spacial score (nSPS) is 12.4. The van der Waals surface area contributed by atoms with Crippen LogP contribution in [-0.2, 0) is 6.42 Å². The van der Waals surface area contributed by atoms with Crippen LogP contribution in [0.15, 0.2) is 35.1 Å². The Hall–Kier alpha value is -1.33. The number of aromatic nitrogens is 1. The molecule has 0 amide bonds. The van der Waals surface area contributed by atoms with E-state index in [1.54, 1.807) is 12.4 Å². The van der Waals surface area contributed by atoms with Crippen LogP contribution in [0.2, 0.25) is 0 Å². The molecule has 0 aliphatic rings. The number of likely N-dealkylation sites (N-methyl/N-ethyl adjacent to an activating group) is 1. The van der Waals surface area contributed by atoms with Gasteiger partial charge in [0, 0.05) is 24.0 Å². The number of hydrogen-bond donors (Lipinski definition) is 1. The van der Waals surface area contributed by atoms with Gasteiger partial charge in [0.2, 0.25) is 0 Å². The summed E-state index contributed by atoms with van der Waals surface area (Å²) in [4.78, 5) is 4.12. The average molecular weight is 355 g/mol. The number of benzene rings is 1. The van der Waals surface area contributed by atoms with Gasteiger partial charge < -0.3 is 5.32 Å². The van der Waals surface area contributed by atoms with E-state index in [9.17, 15) is 8.78 Å². The van der Waals surface area contributed by atoms with Crippen molar-refractivity contribution in [3.8, 4) is 0 Å². The van der Waals surface area contributed by atoms with Gasteiger partial charge >= 0.3 is 0 Å². The number of rotatable bonds is 5. The summed E-state index contributed by atoms with van der Waals surface area (Å²) in [6.07, 6.45) is 3.69. The number of hydrogen-bond acceptors (Lipinski definition) is 2. The van der Waals surface area contributed by atoms with E-state index in [1.807, 2.05) is 19.9 Å². The summed E-state index contributed by atoms with van der Waals surface area (Å²) < 4.78 is 28.4. The topological polar surface area (TPSA) is 24.9 Å². The molecule has 21 heavy (non-hydrogen) atoms. The highest BCUT2D eigenvalue weighted by atomic mass is 79.9. The van der Waals surface area contributed by atoms with Crippen molar-refractivity contribution < 1.29 is 8.78 Å². The van der Waals surface area contributed by atoms with Crippen LogP contribution in [0.5, 0.6) is 0 Å². The Morgan fingerprint density at radius 2 is 2.05 bits per heavy atom. The first-order valence-electron chi connectivity index (χ1n) is 6.80. The lowest BCUT2D eigenvalue weighted by atomic mass is 9.96. The summed E-state index contributed by atoms with van der Waals surface area (Å²) in [6.45, 7) is 4.64. The van der Waals surface area contributed by atoms with Crippen LogP contribution in [0, 0.1) is 18.6 Å². The van der Waals surface area contributed by atoms with Crippen molar-refractivity contribution in [2.24, 2.45) is 0 Å². The SMILES string of the molecule is CCNC(Cc1c(F)ccc(Br)c1F)c1cnccc1C. The first-order valence-corrected chi connectivity index (χ1v) is 7.60. The van der Waals surface area contributed by atoms with E-state index in [1.165, 1.54) is 12.1 Å². The number of pyridine rings is 1. The molecule has 1 heterocycles. The monoisotopic (exact) mass is 354 g/mol. The molecule has 112 valence electrons. The lowest BCUT2D eigenvalue weighted by Crippen LogP contribution is -2.24. The molecule has 1 aromatic heterocycles. The summed E-state index contributed by atoms with van der Waals surface area (Å²) in [6, 6.07) is 4.38. The highest BCUT2D eigenvalue weighted by Crippen LogP contribution is 2.27. The molecule has 1 N–H and O–H groups in total. The number of nitrogens with zero attached hydrogens (tertiary/aromatic N) is 1. The Labute approximate surface area is 131 Å². The van der Waals surface area contributed by atoms with Crippen LogP contribution in [-0.4, -0.2) is 11.5 Å². The van der Waals surface area contributed by atoms with Gasteiger partial charge in [0.25, 0.3) is 0 Å². The fourth-order valence-electron chi connectivity index (χ4n) is 2.34. The molecule has 1 aromatic carbocycles. The third-order valence-electron chi connectivity index (χ3n) is 3.45. The maximum Gasteiger partial charge on any atom is 0.143 e. The molecule has 2 nitrogen and oxygen atoms in total. The molecule has 0 aliphatic carbocycles. The van der Waals surface area contributed by atoms with Crippen LogP contribution >= 0.6 is 15.9 Å². The van der Waals surface area contributed by atoms with Crippen LogP contribution in [0.1, 0.15) is 29.7 Å². The Balaban J connectivity index is 2.38. The number of halogens is 3. The van der Waals surface area contributed by atoms with Gasteiger partial charge in [-0.3, -0.25) is 4.98 Å². The van der Waals surface area contributed by atoms with Crippen molar-refractivity contribution in [2.75, 3.05) is 6.54 Å². The average Bonchev–Trinajstić information content (AvgIpc) is 2.47. The van der Waals surface area contributed by atoms with Gasteiger partial charge in [-0.2, -0.15) is 0 Å². The van der Waals surface area contributed by atoms with Crippen molar-refractivity contribution >= 4 is 15.9 Å². The predicted octanol–water partition coefficient (Wildman–Crippen LogP) is 4.32. The summed E-state index contributed by atoms with van der Waals surface area (Å²) in [5, 5.41) is 3.27. The van der Waals surface area contributed by atoms with E-state index < -0.39 is 11.6 Å². The van der Waals surface area contributed by atoms with Gasteiger partial charge in [-0.1, -0.05) is 6.92 Å². The van der Waals surface area contributed by atoms with Gasteiger partial charge in [-0.15, -0.1) is 0 Å². The summed E-state index contributed by atoms with van der Waals surface area (Å²) in [7, 11) is 0. The number of nitrogens with one attached hydrogen (secondary N) is 1. The molecular formula is C16H17BrF2N2. The second-order valence-electron chi connectivity index (χ2n) is 4.87. The van der Waals surface area contributed by atoms with Crippen LogP contribution in [0.25, 0.3) is 0 Å². The van der Waals surface area contributed by atoms with Gasteiger partial charge in [0.05, 0.1) is 4.47 Å². The Bertz CT molecular complexity index is 632. The molecule has 0 radical (unpaired) electrons. The van der Waals surface area contributed by atoms with Crippen molar-refractivity contribution in [1.82, 2.24) is 10.3 Å². The molecule has 0 saturated carbocycles. The molecule has 1 atom stereocenters. The minimum absolute atomic E-state index is 0.0820. The minimum atomic E-state index is -0.542. The lowest BCUT2D eigenvalue weighted by Gasteiger charge is -2.21. The summed E-state index contributed by atoms with van der Waals surface area (Å²) in [5.41, 5.74) is 2.09. The van der Waals surface area contributed by atoms with Gasteiger partial charge in [-0.25, -0.2) is 8.78 Å². The zero-order valence-corrected chi connectivity index (χ0v) is 13.5. The van der Waals surface area contributed by atoms with Crippen LogP contribution in [0.4, 0.5) is 8.78 Å². The predicted molar refractivity (Wildman–Crippen MR) is 83.2 cm³/mol. The quantitative estimate of drug-likeness (QED) is 0.808. The molecule has 0 bridgehead atoms. The molecule has 2 rings (SSSR count). The van der Waals surface area contributed by atoms with E-state index in [4.69, 9.17) is 0 Å². The molecule has 2 aromatic rings. The number of aryl methyl sites for hydroxylation is 1. The Morgan fingerprint density at radius 3 is 2.71 bits per heavy atom. The maximum absolute atomic E-state index is 14.1. The summed E-state index contributed by atoms with van der Waals surface area (Å²) in [5.74, 6) is -1.07. The Kier molecular flexibility index (Phi) is 5.42. The standard InChI is InChI=1S/C16H17BrF2N2/c1-3-21-15(12-9-20-7-6-10(12)2)8-11-14(18)5-4-13(17)16(11)19/h4-7,9,15,21H,3,8H2,1-2H3. The van der Waals surface area contributed by atoms with Crippen LogP contribution < -0.4 is 5.32 Å². The van der Waals surface area contributed by atoms with E-state index in [2.05, 4.69) is 26.2 Å². The third kappa shape index (κ3) is 3.66. The first-order chi connectivity index (χ1) is 10.0.